The molecule has 1 unspecified atom stereocenters. The Hall–Kier alpha value is -2.66. The van der Waals surface area contributed by atoms with Gasteiger partial charge in [0.1, 0.15) is 0 Å². The van der Waals surface area contributed by atoms with E-state index < -0.39 is 24.3 Å². The summed E-state index contributed by atoms with van der Waals surface area (Å²) in [5.41, 5.74) is 0.888. The van der Waals surface area contributed by atoms with Gasteiger partial charge in [0.05, 0.1) is 17.2 Å². The van der Waals surface area contributed by atoms with Gasteiger partial charge in [-0.05, 0) is 36.6 Å². The number of carbonyl (C=O) groups is 2. The lowest BCUT2D eigenvalue weighted by molar-refractivity contribution is -0.249. The van der Waals surface area contributed by atoms with Crippen LogP contribution in [0, 0.1) is 11.8 Å². The van der Waals surface area contributed by atoms with Gasteiger partial charge in [-0.25, -0.2) is 9.59 Å². The average Bonchev–Trinajstić information content (AvgIpc) is 2.75. The van der Waals surface area contributed by atoms with E-state index in [-0.39, 0.29) is 17.9 Å². The predicted molar refractivity (Wildman–Crippen MR) is 109 cm³/mol. The quantitative estimate of drug-likeness (QED) is 0.652. The lowest BCUT2D eigenvalue weighted by Gasteiger charge is -2.43. The molecule has 0 N–H and O–H groups in total. The van der Waals surface area contributed by atoms with Crippen LogP contribution in [0.3, 0.4) is 0 Å². The van der Waals surface area contributed by atoms with Gasteiger partial charge in [-0.2, -0.15) is 0 Å². The molecule has 154 valence electrons. The van der Waals surface area contributed by atoms with Crippen molar-refractivity contribution in [2.45, 2.75) is 52.1 Å². The van der Waals surface area contributed by atoms with E-state index in [1.807, 2.05) is 19.1 Å². The second-order valence-corrected chi connectivity index (χ2v) is 7.56. The molecular weight excluding hydrogens is 368 g/mol. The van der Waals surface area contributed by atoms with E-state index in [2.05, 4.69) is 13.8 Å². The van der Waals surface area contributed by atoms with Gasteiger partial charge in [-0.15, -0.1) is 0 Å². The van der Waals surface area contributed by atoms with Gasteiger partial charge in [0.2, 0.25) is 6.29 Å². The van der Waals surface area contributed by atoms with Gasteiger partial charge in [-0.1, -0.05) is 63.6 Å². The van der Waals surface area contributed by atoms with E-state index in [1.165, 1.54) is 0 Å². The minimum absolute atomic E-state index is 0.0264. The van der Waals surface area contributed by atoms with Crippen molar-refractivity contribution in [1.82, 2.24) is 0 Å². The van der Waals surface area contributed by atoms with Crippen LogP contribution in [0.25, 0.3) is 0 Å². The minimum Gasteiger partial charge on any atom is -0.452 e. The van der Waals surface area contributed by atoms with E-state index in [0.717, 1.165) is 12.8 Å². The second kappa shape index (κ2) is 9.70. The summed E-state index contributed by atoms with van der Waals surface area (Å²) in [4.78, 5) is 25.3. The Morgan fingerprint density at radius 1 is 0.828 bits per heavy atom. The molecule has 2 aromatic rings. The van der Waals surface area contributed by atoms with Crippen LogP contribution in [0.2, 0.25) is 0 Å². The van der Waals surface area contributed by atoms with Crippen LogP contribution in [-0.2, 0) is 14.2 Å². The maximum Gasteiger partial charge on any atom is 0.340 e. The van der Waals surface area contributed by atoms with E-state index in [4.69, 9.17) is 14.2 Å². The lowest BCUT2D eigenvalue weighted by Crippen LogP contribution is -2.52. The zero-order chi connectivity index (χ0) is 20.8. The van der Waals surface area contributed by atoms with Crippen molar-refractivity contribution in [3.8, 4) is 0 Å². The van der Waals surface area contributed by atoms with Crippen molar-refractivity contribution in [2.75, 3.05) is 0 Å². The van der Waals surface area contributed by atoms with Crippen LogP contribution in [-0.4, -0.2) is 30.4 Å². The summed E-state index contributed by atoms with van der Waals surface area (Å²) in [5.74, 6) is -0.807. The lowest BCUT2D eigenvalue weighted by atomic mass is 9.82. The van der Waals surface area contributed by atoms with Gasteiger partial charge in [-0.3, -0.25) is 0 Å². The summed E-state index contributed by atoms with van der Waals surface area (Å²) in [6.07, 6.45) is 0.117. The zero-order valence-corrected chi connectivity index (χ0v) is 17.1. The molecule has 1 aliphatic heterocycles. The van der Waals surface area contributed by atoms with Gasteiger partial charge in [0, 0.05) is 5.92 Å². The van der Waals surface area contributed by atoms with Gasteiger partial charge in [0.25, 0.3) is 0 Å². The molecule has 29 heavy (non-hydrogen) atoms. The molecule has 5 heteroatoms. The number of benzene rings is 2. The summed E-state index contributed by atoms with van der Waals surface area (Å²) in [6, 6.07) is 17.6. The Bertz CT molecular complexity index is 805. The fourth-order valence-corrected chi connectivity index (χ4v) is 3.65. The Kier molecular flexibility index (Phi) is 7.04. The third-order valence-electron chi connectivity index (χ3n) is 5.57. The molecule has 0 aromatic heterocycles. The number of esters is 2. The summed E-state index contributed by atoms with van der Waals surface area (Å²) in [5, 5.41) is 0. The Morgan fingerprint density at radius 3 is 1.86 bits per heavy atom. The van der Waals surface area contributed by atoms with Gasteiger partial charge >= 0.3 is 11.9 Å². The fraction of sp³-hybridized carbons (Fsp3) is 0.417. The zero-order valence-electron chi connectivity index (χ0n) is 17.1. The molecule has 0 bridgehead atoms. The summed E-state index contributed by atoms with van der Waals surface area (Å²) in [6.45, 7) is 6.19. The first kappa shape index (κ1) is 21.1. The van der Waals surface area contributed by atoms with Crippen molar-refractivity contribution >= 4 is 11.9 Å². The monoisotopic (exact) mass is 396 g/mol. The third-order valence-corrected chi connectivity index (χ3v) is 5.57. The number of hydrogen-bond donors (Lipinski definition) is 0. The van der Waals surface area contributed by atoms with E-state index in [0.29, 0.717) is 11.1 Å². The molecule has 0 radical (unpaired) electrons. The van der Waals surface area contributed by atoms with E-state index in [9.17, 15) is 9.59 Å². The number of hydrogen-bond acceptors (Lipinski definition) is 5. The number of ether oxygens (including phenoxy) is 3. The van der Waals surface area contributed by atoms with Gasteiger partial charge in [0.15, 0.2) is 6.10 Å². The smallest absolute Gasteiger partial charge is 0.340 e. The molecule has 3 rings (SSSR count). The topological polar surface area (TPSA) is 61.8 Å². The van der Waals surface area contributed by atoms with Crippen molar-refractivity contribution in [3.05, 3.63) is 71.8 Å². The summed E-state index contributed by atoms with van der Waals surface area (Å²) in [7, 11) is 0. The minimum atomic E-state index is -0.946. The Labute approximate surface area is 172 Å². The fourth-order valence-electron chi connectivity index (χ4n) is 3.65. The molecule has 1 aliphatic rings. The molecule has 5 atom stereocenters. The maximum absolute atomic E-state index is 12.7. The van der Waals surface area contributed by atoms with Crippen LogP contribution in [0.15, 0.2) is 60.7 Å². The Morgan fingerprint density at radius 2 is 1.34 bits per heavy atom. The summed E-state index contributed by atoms with van der Waals surface area (Å²) < 4.78 is 17.6. The molecule has 1 saturated heterocycles. The maximum atomic E-state index is 12.7. The van der Waals surface area contributed by atoms with Crippen LogP contribution in [0.4, 0.5) is 0 Å². The van der Waals surface area contributed by atoms with Crippen LogP contribution >= 0.6 is 0 Å². The van der Waals surface area contributed by atoms with Gasteiger partial charge < -0.3 is 14.2 Å². The molecule has 0 amide bonds. The second-order valence-electron chi connectivity index (χ2n) is 7.56. The SMILES string of the molecule is CCC[C@H]1OC(OC(=O)c2ccccc2)[C@H](OC(=O)c2ccccc2)[C@H](C)[C@H]1C. The first-order chi connectivity index (χ1) is 14.0. The Balaban J connectivity index is 1.81. The van der Waals surface area contributed by atoms with Crippen molar-refractivity contribution in [2.24, 2.45) is 11.8 Å². The van der Waals surface area contributed by atoms with Crippen LogP contribution in [0.1, 0.15) is 54.3 Å². The van der Waals surface area contributed by atoms with Crippen LogP contribution < -0.4 is 0 Å². The first-order valence-corrected chi connectivity index (χ1v) is 10.2. The third kappa shape index (κ3) is 5.04. The molecule has 0 spiro atoms. The highest BCUT2D eigenvalue weighted by molar-refractivity contribution is 5.90. The van der Waals surface area contributed by atoms with E-state index >= 15 is 0 Å². The summed E-state index contributed by atoms with van der Waals surface area (Å²) >= 11 is 0. The highest BCUT2D eigenvalue weighted by Gasteiger charge is 2.45. The number of carbonyl (C=O) groups excluding carboxylic acids is 2. The molecule has 0 saturated carbocycles. The molecule has 0 aliphatic carbocycles. The van der Waals surface area contributed by atoms with Crippen molar-refractivity contribution < 1.29 is 23.8 Å². The molecular formula is C24H28O5. The highest BCUT2D eigenvalue weighted by atomic mass is 16.7. The van der Waals surface area contributed by atoms with Crippen molar-refractivity contribution in [1.29, 1.82) is 0 Å². The van der Waals surface area contributed by atoms with Crippen LogP contribution in [0.5, 0.6) is 0 Å². The van der Waals surface area contributed by atoms with Crippen molar-refractivity contribution in [3.63, 3.8) is 0 Å². The standard InChI is InChI=1S/C24H28O5/c1-4-11-20-16(2)17(3)21(28-22(25)18-12-7-5-8-13-18)24(27-20)29-23(26)19-14-9-6-10-15-19/h5-10,12-17,20-21,24H,4,11H2,1-3H3/t16-,17-,20-,21-,24?/m1/s1. The predicted octanol–water partition coefficient (Wildman–Crippen LogP) is 4.87. The molecule has 1 fully saturated rings. The molecule has 1 heterocycles. The average molecular weight is 396 g/mol. The molecule has 2 aromatic carbocycles. The number of rotatable bonds is 6. The highest BCUT2D eigenvalue weighted by Crippen LogP contribution is 2.35. The van der Waals surface area contributed by atoms with E-state index in [1.54, 1.807) is 48.5 Å². The first-order valence-electron chi connectivity index (χ1n) is 10.2. The normalized spacial score (nSPS) is 26.5. The largest absolute Gasteiger partial charge is 0.452 e. The molecule has 5 nitrogen and oxygen atoms in total.